The van der Waals surface area contributed by atoms with Crippen molar-refractivity contribution in [2.24, 2.45) is 40.6 Å². The predicted octanol–water partition coefficient (Wildman–Crippen LogP) is 3.65. The Morgan fingerprint density at radius 2 is 1.57 bits per heavy atom. The molecule has 6 nitrogen and oxygen atoms in total. The lowest BCUT2D eigenvalue weighted by Crippen LogP contribution is -2.40. The van der Waals surface area contributed by atoms with Crippen LogP contribution in [0.25, 0.3) is 0 Å². The largest absolute Gasteiger partial charge is 0.491 e. The number of rotatable bonds is 6. The monoisotopic (exact) mass is 408 g/mol. The Balaban J connectivity index is 1.40. The van der Waals surface area contributed by atoms with Gasteiger partial charge in [0.2, 0.25) is 0 Å². The molecule has 0 N–H and O–H groups in total. The highest BCUT2D eigenvalue weighted by Crippen LogP contribution is 2.65. The van der Waals surface area contributed by atoms with Crippen molar-refractivity contribution in [2.45, 2.75) is 46.3 Å². The third-order valence-corrected chi connectivity index (χ3v) is 6.67. The van der Waals surface area contributed by atoms with E-state index in [9.17, 15) is 9.59 Å². The first-order chi connectivity index (χ1) is 14.3. The van der Waals surface area contributed by atoms with E-state index in [-0.39, 0.29) is 47.7 Å². The summed E-state index contributed by atoms with van der Waals surface area (Å²) in [7, 11) is 0. The highest BCUT2D eigenvalue weighted by atomic mass is 16.5. The molecule has 2 amide bonds. The first kappa shape index (κ1) is 19.3. The molecule has 1 aromatic carbocycles. The van der Waals surface area contributed by atoms with Gasteiger partial charge in [-0.2, -0.15) is 10.1 Å². The van der Waals surface area contributed by atoms with Crippen LogP contribution in [0.4, 0.5) is 0 Å². The zero-order valence-corrected chi connectivity index (χ0v) is 17.8. The quantitative estimate of drug-likeness (QED) is 0.409. The van der Waals surface area contributed by atoms with Gasteiger partial charge in [0, 0.05) is 11.6 Å². The molecule has 1 heterocycles. The van der Waals surface area contributed by atoms with Gasteiger partial charge < -0.3 is 9.47 Å². The third kappa shape index (κ3) is 3.04. The molecule has 0 radical (unpaired) electrons. The number of benzene rings is 1. The van der Waals surface area contributed by atoms with Crippen LogP contribution < -0.4 is 9.47 Å². The summed E-state index contributed by atoms with van der Waals surface area (Å²) in [5.74, 6) is 2.12. The van der Waals surface area contributed by atoms with E-state index in [1.165, 1.54) is 0 Å². The number of nitrogens with zero attached hydrogens (tertiary/aromatic N) is 2. The van der Waals surface area contributed by atoms with Crippen LogP contribution in [0, 0.1) is 35.5 Å². The summed E-state index contributed by atoms with van der Waals surface area (Å²) in [6.07, 6.45) is 7.06. The minimum Gasteiger partial charge on any atom is -0.491 e. The van der Waals surface area contributed by atoms with Crippen molar-refractivity contribution in [3.8, 4) is 11.5 Å². The maximum Gasteiger partial charge on any atom is 0.254 e. The topological polar surface area (TPSA) is 68.2 Å². The molecular formula is C24H28N2O4. The molecule has 0 unspecified atom stereocenters. The fraction of sp³-hybridized carbons (Fsp3) is 0.542. The van der Waals surface area contributed by atoms with Gasteiger partial charge in [0.05, 0.1) is 30.3 Å². The Morgan fingerprint density at radius 3 is 2.13 bits per heavy atom. The molecule has 6 atom stereocenters. The predicted molar refractivity (Wildman–Crippen MR) is 112 cm³/mol. The van der Waals surface area contributed by atoms with Crippen LogP contribution in [0.3, 0.4) is 0 Å². The molecule has 1 saturated heterocycles. The molecule has 0 spiro atoms. The molecule has 6 rings (SSSR count). The van der Waals surface area contributed by atoms with Crippen LogP contribution in [-0.2, 0) is 9.59 Å². The number of allylic oxidation sites excluding steroid dienone is 2. The number of amides is 2. The summed E-state index contributed by atoms with van der Waals surface area (Å²) >= 11 is 0. The Morgan fingerprint density at radius 1 is 0.967 bits per heavy atom. The molecule has 2 bridgehead atoms. The molecule has 6 heteroatoms. The molecule has 3 fully saturated rings. The van der Waals surface area contributed by atoms with Gasteiger partial charge in [0.25, 0.3) is 11.8 Å². The second kappa shape index (κ2) is 6.96. The van der Waals surface area contributed by atoms with Gasteiger partial charge in [-0.25, -0.2) is 0 Å². The zero-order chi connectivity index (χ0) is 21.2. The van der Waals surface area contributed by atoms with E-state index in [0.29, 0.717) is 28.9 Å². The number of imide groups is 1. The van der Waals surface area contributed by atoms with Crippen molar-refractivity contribution in [1.29, 1.82) is 0 Å². The molecular weight excluding hydrogens is 380 g/mol. The van der Waals surface area contributed by atoms with E-state index >= 15 is 0 Å². The average Bonchev–Trinajstić information content (AvgIpc) is 3.46. The number of carbonyl (C=O) groups excluding carboxylic acids is 2. The zero-order valence-electron chi connectivity index (χ0n) is 17.8. The summed E-state index contributed by atoms with van der Waals surface area (Å²) in [5, 5.41) is 5.44. The van der Waals surface area contributed by atoms with Gasteiger partial charge in [-0.1, -0.05) is 12.2 Å². The average molecular weight is 408 g/mol. The normalized spacial score (nSPS) is 33.6. The highest BCUT2D eigenvalue weighted by Gasteiger charge is 2.67. The van der Waals surface area contributed by atoms with Crippen LogP contribution in [0.2, 0.25) is 0 Å². The van der Waals surface area contributed by atoms with Crippen molar-refractivity contribution >= 4 is 18.0 Å². The van der Waals surface area contributed by atoms with Crippen molar-refractivity contribution in [3.63, 3.8) is 0 Å². The number of hydrogen-bond donors (Lipinski definition) is 0. The number of ether oxygens (including phenoxy) is 2. The van der Waals surface area contributed by atoms with Gasteiger partial charge in [-0.3, -0.25) is 9.59 Å². The van der Waals surface area contributed by atoms with Crippen LogP contribution in [0.15, 0.2) is 35.5 Å². The molecule has 4 aliphatic carbocycles. The van der Waals surface area contributed by atoms with E-state index in [4.69, 9.17) is 9.47 Å². The van der Waals surface area contributed by atoms with E-state index in [2.05, 4.69) is 17.3 Å². The molecule has 30 heavy (non-hydrogen) atoms. The molecule has 158 valence electrons. The molecule has 5 aliphatic rings. The number of hydrogen-bond acceptors (Lipinski definition) is 5. The summed E-state index contributed by atoms with van der Waals surface area (Å²) in [6, 6.07) is 5.52. The van der Waals surface area contributed by atoms with Gasteiger partial charge >= 0.3 is 0 Å². The fourth-order valence-corrected chi connectivity index (χ4v) is 5.50. The second-order valence-electron chi connectivity index (χ2n) is 9.42. The summed E-state index contributed by atoms with van der Waals surface area (Å²) in [6.45, 7) is 7.83. The minimum atomic E-state index is -0.235. The summed E-state index contributed by atoms with van der Waals surface area (Å²) in [5.41, 5.74) is 0.708. The summed E-state index contributed by atoms with van der Waals surface area (Å²) in [4.78, 5) is 26.1. The minimum absolute atomic E-state index is 0.0298. The smallest absolute Gasteiger partial charge is 0.254 e. The SMILES string of the molecule is CC(C)Oc1ccc(/C=N\N2C(=O)[C@@H]3[C@H]4C=C[C@H]([C@H]5C[C@H]45)[C@@H]3C2=O)c(OC(C)C)c1. The maximum atomic E-state index is 13.1. The van der Waals surface area contributed by atoms with Gasteiger partial charge in [-0.15, -0.1) is 0 Å². The lowest BCUT2D eigenvalue weighted by Gasteiger charge is -2.37. The fourth-order valence-electron chi connectivity index (χ4n) is 5.50. The van der Waals surface area contributed by atoms with Gasteiger partial charge in [-0.05, 0) is 69.9 Å². The molecule has 1 aromatic rings. The van der Waals surface area contributed by atoms with Gasteiger partial charge in [0.15, 0.2) is 0 Å². The first-order valence-corrected chi connectivity index (χ1v) is 10.9. The highest BCUT2D eigenvalue weighted by molar-refractivity contribution is 6.06. The Bertz CT molecular complexity index is 915. The lowest BCUT2D eigenvalue weighted by atomic mass is 9.63. The van der Waals surface area contributed by atoms with E-state index in [1.54, 1.807) is 6.21 Å². The van der Waals surface area contributed by atoms with Crippen molar-refractivity contribution in [3.05, 3.63) is 35.9 Å². The van der Waals surface area contributed by atoms with Crippen molar-refractivity contribution in [1.82, 2.24) is 5.01 Å². The first-order valence-electron chi connectivity index (χ1n) is 10.9. The van der Waals surface area contributed by atoms with Crippen molar-refractivity contribution in [2.75, 3.05) is 0 Å². The Hall–Kier alpha value is -2.63. The second-order valence-corrected chi connectivity index (χ2v) is 9.42. The van der Waals surface area contributed by atoms with Crippen LogP contribution >= 0.6 is 0 Å². The number of hydrazone groups is 1. The van der Waals surface area contributed by atoms with Crippen LogP contribution in [-0.4, -0.2) is 35.2 Å². The van der Waals surface area contributed by atoms with Gasteiger partial charge in [0.1, 0.15) is 11.5 Å². The Kier molecular flexibility index (Phi) is 4.49. The van der Waals surface area contributed by atoms with Crippen molar-refractivity contribution < 1.29 is 19.1 Å². The standard InChI is InChI=1S/C24H28N2O4/c1-12(2)29-15-6-5-14(20(9-15)30-13(3)4)11-25-26-23(27)21-16-7-8-17(19-10-18(16)19)22(21)24(26)28/h5-9,11-13,16-19,21-22H,10H2,1-4H3/b25-11-/t16-,17+,18-,19-,21+,22-/m1/s1. The third-order valence-electron chi connectivity index (χ3n) is 6.67. The van der Waals surface area contributed by atoms with E-state index in [0.717, 1.165) is 11.4 Å². The summed E-state index contributed by atoms with van der Waals surface area (Å²) < 4.78 is 11.7. The van der Waals surface area contributed by atoms with Crippen LogP contribution in [0.1, 0.15) is 39.7 Å². The van der Waals surface area contributed by atoms with E-state index < -0.39 is 0 Å². The van der Waals surface area contributed by atoms with Crippen LogP contribution in [0.5, 0.6) is 11.5 Å². The number of carbonyl (C=O) groups is 2. The Labute approximate surface area is 176 Å². The van der Waals surface area contributed by atoms with E-state index in [1.807, 2.05) is 45.9 Å². The lowest BCUT2D eigenvalue weighted by molar-refractivity contribution is -0.140. The molecule has 2 saturated carbocycles. The maximum absolute atomic E-state index is 13.1. The molecule has 0 aromatic heterocycles. The molecule has 1 aliphatic heterocycles.